The van der Waals surface area contributed by atoms with Crippen LogP contribution in [0.5, 0.6) is 0 Å². The van der Waals surface area contributed by atoms with Crippen molar-refractivity contribution in [1.82, 2.24) is 20.4 Å². The Morgan fingerprint density at radius 1 is 1.47 bits per heavy atom. The SMILES string of the molecule is CN=C(NCCC(C)C)NCc1cnn(C)c1. The molecular weight excluding hydrogens is 214 g/mol. The molecule has 5 heteroatoms. The van der Waals surface area contributed by atoms with Crippen LogP contribution >= 0.6 is 0 Å². The molecule has 2 N–H and O–H groups in total. The Kier molecular flexibility index (Phi) is 5.52. The molecule has 0 atom stereocenters. The first-order valence-electron chi connectivity index (χ1n) is 6.04. The van der Waals surface area contributed by atoms with Gasteiger partial charge in [0.25, 0.3) is 0 Å². The van der Waals surface area contributed by atoms with Crippen molar-refractivity contribution in [2.24, 2.45) is 18.0 Å². The molecule has 0 aliphatic carbocycles. The van der Waals surface area contributed by atoms with Gasteiger partial charge in [0.05, 0.1) is 6.20 Å². The molecule has 0 spiro atoms. The molecule has 17 heavy (non-hydrogen) atoms. The zero-order valence-electron chi connectivity index (χ0n) is 11.2. The van der Waals surface area contributed by atoms with Gasteiger partial charge in [0.1, 0.15) is 0 Å². The first-order valence-corrected chi connectivity index (χ1v) is 6.04. The first-order chi connectivity index (χ1) is 8.11. The maximum absolute atomic E-state index is 4.17. The van der Waals surface area contributed by atoms with Gasteiger partial charge in [0.15, 0.2) is 5.96 Å². The van der Waals surface area contributed by atoms with Gasteiger partial charge in [-0.25, -0.2) is 0 Å². The van der Waals surface area contributed by atoms with Crippen LogP contribution in [-0.4, -0.2) is 29.3 Å². The Morgan fingerprint density at radius 2 is 2.24 bits per heavy atom. The van der Waals surface area contributed by atoms with Crippen LogP contribution in [0.1, 0.15) is 25.8 Å². The van der Waals surface area contributed by atoms with E-state index in [0.717, 1.165) is 31.0 Å². The molecule has 1 rings (SSSR count). The molecule has 0 unspecified atom stereocenters. The van der Waals surface area contributed by atoms with E-state index in [2.05, 4.69) is 34.6 Å². The topological polar surface area (TPSA) is 54.2 Å². The van der Waals surface area contributed by atoms with Gasteiger partial charge in [-0.15, -0.1) is 0 Å². The van der Waals surface area contributed by atoms with Gasteiger partial charge in [-0.3, -0.25) is 9.67 Å². The molecule has 96 valence electrons. The van der Waals surface area contributed by atoms with Crippen LogP contribution in [0.15, 0.2) is 17.4 Å². The van der Waals surface area contributed by atoms with Gasteiger partial charge in [-0.05, 0) is 12.3 Å². The fourth-order valence-corrected chi connectivity index (χ4v) is 1.45. The largest absolute Gasteiger partial charge is 0.356 e. The smallest absolute Gasteiger partial charge is 0.191 e. The van der Waals surface area contributed by atoms with E-state index in [-0.39, 0.29) is 0 Å². The third-order valence-corrected chi connectivity index (χ3v) is 2.46. The van der Waals surface area contributed by atoms with Crippen LogP contribution in [-0.2, 0) is 13.6 Å². The highest BCUT2D eigenvalue weighted by Crippen LogP contribution is 1.97. The van der Waals surface area contributed by atoms with Crippen LogP contribution in [0.4, 0.5) is 0 Å². The lowest BCUT2D eigenvalue weighted by Gasteiger charge is -2.12. The number of aryl methyl sites for hydroxylation is 1. The third-order valence-electron chi connectivity index (χ3n) is 2.46. The fraction of sp³-hybridized carbons (Fsp3) is 0.667. The van der Waals surface area contributed by atoms with Crippen molar-refractivity contribution in [3.8, 4) is 0 Å². The molecule has 0 saturated heterocycles. The predicted molar refractivity (Wildman–Crippen MR) is 70.9 cm³/mol. The lowest BCUT2D eigenvalue weighted by atomic mass is 10.1. The monoisotopic (exact) mass is 237 g/mol. The summed E-state index contributed by atoms with van der Waals surface area (Å²) in [4.78, 5) is 4.17. The lowest BCUT2D eigenvalue weighted by molar-refractivity contribution is 0.573. The molecule has 0 saturated carbocycles. The summed E-state index contributed by atoms with van der Waals surface area (Å²) in [5.74, 6) is 1.55. The minimum Gasteiger partial charge on any atom is -0.356 e. The van der Waals surface area contributed by atoms with Crippen LogP contribution in [0.25, 0.3) is 0 Å². The average Bonchev–Trinajstić information content (AvgIpc) is 2.69. The van der Waals surface area contributed by atoms with Gasteiger partial charge >= 0.3 is 0 Å². The molecule has 0 aromatic carbocycles. The van der Waals surface area contributed by atoms with Crippen molar-refractivity contribution in [1.29, 1.82) is 0 Å². The highest BCUT2D eigenvalue weighted by Gasteiger charge is 2.00. The summed E-state index contributed by atoms with van der Waals surface area (Å²) < 4.78 is 1.80. The van der Waals surface area contributed by atoms with Crippen molar-refractivity contribution in [3.05, 3.63) is 18.0 Å². The lowest BCUT2D eigenvalue weighted by Crippen LogP contribution is -2.37. The molecule has 1 aromatic rings. The molecular formula is C12H23N5. The normalized spacial score (nSPS) is 11.9. The summed E-state index contributed by atoms with van der Waals surface area (Å²) in [6.07, 6.45) is 5.00. The van der Waals surface area contributed by atoms with Gasteiger partial charge in [-0.1, -0.05) is 13.8 Å². The van der Waals surface area contributed by atoms with Crippen molar-refractivity contribution < 1.29 is 0 Å². The molecule has 0 amide bonds. The number of aliphatic imine (C=N–C) groups is 1. The molecule has 0 radical (unpaired) electrons. The second-order valence-corrected chi connectivity index (χ2v) is 4.56. The number of aromatic nitrogens is 2. The predicted octanol–water partition coefficient (Wildman–Crippen LogP) is 1.13. The summed E-state index contributed by atoms with van der Waals surface area (Å²) >= 11 is 0. The molecule has 5 nitrogen and oxygen atoms in total. The fourth-order valence-electron chi connectivity index (χ4n) is 1.45. The van der Waals surface area contributed by atoms with Crippen LogP contribution in [0.2, 0.25) is 0 Å². The first kappa shape index (κ1) is 13.5. The second-order valence-electron chi connectivity index (χ2n) is 4.56. The minimum atomic E-state index is 0.707. The Bertz CT molecular complexity index is 354. The van der Waals surface area contributed by atoms with E-state index in [9.17, 15) is 0 Å². The van der Waals surface area contributed by atoms with Crippen LogP contribution in [0.3, 0.4) is 0 Å². The molecule has 0 fully saturated rings. The zero-order valence-corrected chi connectivity index (χ0v) is 11.2. The average molecular weight is 237 g/mol. The second kappa shape index (κ2) is 6.93. The highest BCUT2D eigenvalue weighted by molar-refractivity contribution is 5.79. The van der Waals surface area contributed by atoms with Gasteiger partial charge in [0.2, 0.25) is 0 Å². The molecule has 0 aliphatic heterocycles. The van der Waals surface area contributed by atoms with Gasteiger partial charge in [-0.2, -0.15) is 5.10 Å². The van der Waals surface area contributed by atoms with Crippen LogP contribution in [0, 0.1) is 5.92 Å². The Balaban J connectivity index is 2.28. The van der Waals surface area contributed by atoms with Crippen molar-refractivity contribution in [2.45, 2.75) is 26.8 Å². The van der Waals surface area contributed by atoms with Crippen molar-refractivity contribution in [2.75, 3.05) is 13.6 Å². The zero-order chi connectivity index (χ0) is 12.7. The number of hydrogen-bond acceptors (Lipinski definition) is 2. The quantitative estimate of drug-likeness (QED) is 0.596. The highest BCUT2D eigenvalue weighted by atomic mass is 15.2. The van der Waals surface area contributed by atoms with E-state index in [1.54, 1.807) is 11.7 Å². The van der Waals surface area contributed by atoms with E-state index >= 15 is 0 Å². The Hall–Kier alpha value is -1.52. The van der Waals surface area contributed by atoms with Crippen molar-refractivity contribution in [3.63, 3.8) is 0 Å². The molecule has 1 heterocycles. The third kappa shape index (κ3) is 5.38. The number of guanidine groups is 1. The number of rotatable bonds is 5. The van der Waals surface area contributed by atoms with Crippen molar-refractivity contribution >= 4 is 5.96 Å². The molecule has 0 bridgehead atoms. The van der Waals surface area contributed by atoms with E-state index in [1.807, 2.05) is 19.4 Å². The number of hydrogen-bond donors (Lipinski definition) is 2. The van der Waals surface area contributed by atoms with Gasteiger partial charge < -0.3 is 10.6 Å². The summed E-state index contributed by atoms with van der Waals surface area (Å²) in [6.45, 7) is 6.13. The maximum atomic E-state index is 4.17. The van der Waals surface area contributed by atoms with E-state index in [4.69, 9.17) is 0 Å². The minimum absolute atomic E-state index is 0.707. The standard InChI is InChI=1S/C12H23N5/c1-10(2)5-6-14-12(13-3)15-7-11-8-16-17(4)9-11/h8-10H,5-7H2,1-4H3,(H2,13,14,15). The van der Waals surface area contributed by atoms with E-state index < -0.39 is 0 Å². The van der Waals surface area contributed by atoms with E-state index in [1.165, 1.54) is 0 Å². The summed E-state index contributed by atoms with van der Waals surface area (Å²) in [7, 11) is 3.70. The Morgan fingerprint density at radius 3 is 2.76 bits per heavy atom. The summed E-state index contributed by atoms with van der Waals surface area (Å²) in [6, 6.07) is 0. The van der Waals surface area contributed by atoms with E-state index in [0.29, 0.717) is 5.92 Å². The number of nitrogens with one attached hydrogen (secondary N) is 2. The Labute approximate surface area is 103 Å². The number of nitrogens with zero attached hydrogens (tertiary/aromatic N) is 3. The summed E-state index contributed by atoms with van der Waals surface area (Å²) in [5.41, 5.74) is 1.15. The van der Waals surface area contributed by atoms with Crippen LogP contribution < -0.4 is 10.6 Å². The van der Waals surface area contributed by atoms with Gasteiger partial charge in [0, 0.05) is 38.9 Å². The molecule has 1 aromatic heterocycles. The molecule has 0 aliphatic rings. The summed E-state index contributed by atoms with van der Waals surface area (Å²) in [5, 5.41) is 10.7. The maximum Gasteiger partial charge on any atom is 0.191 e.